The average Bonchev–Trinajstić information content (AvgIpc) is 2.92. The Labute approximate surface area is 135 Å². The lowest BCUT2D eigenvalue weighted by atomic mass is 10.0. The van der Waals surface area contributed by atoms with E-state index >= 15 is 0 Å². The van der Waals surface area contributed by atoms with E-state index in [0.717, 1.165) is 15.2 Å². The number of benzene rings is 1. The van der Waals surface area contributed by atoms with Gasteiger partial charge in [-0.1, -0.05) is 41.3 Å². The second-order valence-electron chi connectivity index (χ2n) is 5.24. The highest BCUT2D eigenvalue weighted by atomic mass is 32.2. The maximum absolute atomic E-state index is 4.23. The molecular formula is C15H22N4S2. The standard InChI is InChI=1S/C15H22N4S2/c1-10-6-7-12(8-11(10)2)13(16-3)9-20-15-18-17-14(21-15)19(4)5/h6-8,13,16H,9H2,1-5H3. The van der Waals surface area contributed by atoms with Crippen molar-refractivity contribution in [2.75, 3.05) is 31.8 Å². The van der Waals surface area contributed by atoms with E-state index in [1.807, 2.05) is 26.0 Å². The highest BCUT2D eigenvalue weighted by Gasteiger charge is 2.13. The molecule has 1 heterocycles. The van der Waals surface area contributed by atoms with Crippen LogP contribution >= 0.6 is 23.1 Å². The van der Waals surface area contributed by atoms with E-state index in [1.54, 1.807) is 23.1 Å². The van der Waals surface area contributed by atoms with Gasteiger partial charge >= 0.3 is 0 Å². The molecule has 0 saturated carbocycles. The molecule has 2 rings (SSSR count). The first-order chi connectivity index (χ1) is 10.0. The van der Waals surface area contributed by atoms with Crippen LogP contribution in [-0.2, 0) is 0 Å². The molecule has 21 heavy (non-hydrogen) atoms. The Morgan fingerprint density at radius 2 is 2.00 bits per heavy atom. The van der Waals surface area contributed by atoms with E-state index in [0.29, 0.717) is 6.04 Å². The van der Waals surface area contributed by atoms with Crippen LogP contribution in [0, 0.1) is 13.8 Å². The minimum absolute atomic E-state index is 0.320. The molecular weight excluding hydrogens is 300 g/mol. The molecule has 1 aromatic carbocycles. The lowest BCUT2D eigenvalue weighted by Crippen LogP contribution is -2.18. The quantitative estimate of drug-likeness (QED) is 0.827. The zero-order valence-electron chi connectivity index (χ0n) is 13.2. The lowest BCUT2D eigenvalue weighted by Gasteiger charge is -2.16. The third kappa shape index (κ3) is 4.18. The number of anilines is 1. The van der Waals surface area contributed by atoms with Gasteiger partial charge in [-0.05, 0) is 37.6 Å². The summed E-state index contributed by atoms with van der Waals surface area (Å²) in [4.78, 5) is 1.99. The SMILES string of the molecule is CNC(CSc1nnc(N(C)C)s1)c1ccc(C)c(C)c1. The van der Waals surface area contributed by atoms with Crippen LogP contribution in [0.15, 0.2) is 22.5 Å². The molecule has 0 saturated heterocycles. The first kappa shape index (κ1) is 16.3. The summed E-state index contributed by atoms with van der Waals surface area (Å²) in [5.41, 5.74) is 4.00. The van der Waals surface area contributed by atoms with Crippen molar-refractivity contribution in [1.82, 2.24) is 15.5 Å². The molecule has 1 atom stereocenters. The fraction of sp³-hybridized carbons (Fsp3) is 0.467. The Hall–Kier alpha value is -1.11. The number of nitrogens with one attached hydrogen (secondary N) is 1. The van der Waals surface area contributed by atoms with Gasteiger partial charge in [0.2, 0.25) is 5.13 Å². The molecule has 1 aromatic heterocycles. The third-order valence-corrected chi connectivity index (χ3v) is 5.75. The second-order valence-corrected chi connectivity index (χ2v) is 7.46. The van der Waals surface area contributed by atoms with Crippen LogP contribution in [0.3, 0.4) is 0 Å². The van der Waals surface area contributed by atoms with Crippen molar-refractivity contribution in [1.29, 1.82) is 0 Å². The molecule has 1 unspecified atom stereocenters. The predicted molar refractivity (Wildman–Crippen MR) is 92.7 cm³/mol. The molecule has 0 aliphatic heterocycles. The van der Waals surface area contributed by atoms with Crippen LogP contribution in [0.2, 0.25) is 0 Å². The van der Waals surface area contributed by atoms with Crippen molar-refractivity contribution in [3.8, 4) is 0 Å². The van der Waals surface area contributed by atoms with Crippen LogP contribution in [0.1, 0.15) is 22.7 Å². The third-order valence-electron chi connectivity index (χ3n) is 3.43. The number of aryl methyl sites for hydroxylation is 2. The normalized spacial score (nSPS) is 12.4. The van der Waals surface area contributed by atoms with E-state index in [9.17, 15) is 0 Å². The molecule has 0 bridgehead atoms. The summed E-state index contributed by atoms with van der Waals surface area (Å²) in [7, 11) is 5.98. The zero-order valence-corrected chi connectivity index (χ0v) is 14.8. The Morgan fingerprint density at radius 3 is 2.57 bits per heavy atom. The Morgan fingerprint density at radius 1 is 1.24 bits per heavy atom. The largest absolute Gasteiger partial charge is 0.353 e. The van der Waals surface area contributed by atoms with E-state index in [4.69, 9.17) is 0 Å². The molecule has 114 valence electrons. The number of nitrogens with zero attached hydrogens (tertiary/aromatic N) is 3. The number of thioether (sulfide) groups is 1. The van der Waals surface area contributed by atoms with Crippen LogP contribution in [0.25, 0.3) is 0 Å². The molecule has 0 fully saturated rings. The van der Waals surface area contributed by atoms with E-state index in [-0.39, 0.29) is 0 Å². The van der Waals surface area contributed by atoms with Crippen molar-refractivity contribution in [3.05, 3.63) is 34.9 Å². The average molecular weight is 323 g/mol. The van der Waals surface area contributed by atoms with Crippen molar-refractivity contribution in [3.63, 3.8) is 0 Å². The maximum atomic E-state index is 4.23. The molecule has 1 N–H and O–H groups in total. The number of rotatable bonds is 6. The predicted octanol–water partition coefficient (Wildman–Crippen LogP) is 3.27. The summed E-state index contributed by atoms with van der Waals surface area (Å²) in [5.74, 6) is 0.945. The van der Waals surface area contributed by atoms with Gasteiger partial charge in [0.05, 0.1) is 0 Å². The molecule has 2 aromatic rings. The molecule has 0 aliphatic rings. The van der Waals surface area contributed by atoms with E-state index < -0.39 is 0 Å². The van der Waals surface area contributed by atoms with Crippen molar-refractivity contribution < 1.29 is 0 Å². The van der Waals surface area contributed by atoms with Gasteiger partial charge in [0.15, 0.2) is 4.34 Å². The summed E-state index contributed by atoms with van der Waals surface area (Å²) in [5, 5.41) is 12.7. The van der Waals surface area contributed by atoms with Gasteiger partial charge in [0, 0.05) is 25.9 Å². The van der Waals surface area contributed by atoms with Gasteiger partial charge < -0.3 is 10.2 Å². The second kappa shape index (κ2) is 7.24. The van der Waals surface area contributed by atoms with Gasteiger partial charge in [-0.15, -0.1) is 10.2 Å². The first-order valence-electron chi connectivity index (χ1n) is 6.89. The molecule has 0 radical (unpaired) electrons. The Kier molecular flexibility index (Phi) is 5.61. The minimum Gasteiger partial charge on any atom is -0.353 e. The van der Waals surface area contributed by atoms with Crippen LogP contribution in [0.4, 0.5) is 5.13 Å². The Bertz CT molecular complexity index is 595. The monoisotopic (exact) mass is 322 g/mol. The summed E-state index contributed by atoms with van der Waals surface area (Å²) >= 11 is 3.39. The number of hydrogen-bond donors (Lipinski definition) is 1. The van der Waals surface area contributed by atoms with Gasteiger partial charge in [-0.2, -0.15) is 0 Å². The van der Waals surface area contributed by atoms with E-state index in [2.05, 4.69) is 47.6 Å². The molecule has 6 heteroatoms. The number of hydrogen-bond acceptors (Lipinski definition) is 6. The molecule has 0 aliphatic carbocycles. The minimum atomic E-state index is 0.320. The molecule has 0 amide bonds. The van der Waals surface area contributed by atoms with Gasteiger partial charge in [0.25, 0.3) is 0 Å². The van der Waals surface area contributed by atoms with Crippen LogP contribution in [-0.4, -0.2) is 37.1 Å². The van der Waals surface area contributed by atoms with Crippen LogP contribution < -0.4 is 10.2 Å². The Balaban J connectivity index is 2.03. The number of aromatic nitrogens is 2. The maximum Gasteiger partial charge on any atom is 0.208 e. The van der Waals surface area contributed by atoms with Gasteiger partial charge in [0.1, 0.15) is 0 Å². The van der Waals surface area contributed by atoms with Crippen molar-refractivity contribution in [2.45, 2.75) is 24.2 Å². The van der Waals surface area contributed by atoms with Crippen LogP contribution in [0.5, 0.6) is 0 Å². The summed E-state index contributed by atoms with van der Waals surface area (Å²) < 4.78 is 1.02. The van der Waals surface area contributed by atoms with Crippen molar-refractivity contribution in [2.24, 2.45) is 0 Å². The fourth-order valence-electron chi connectivity index (χ4n) is 1.92. The van der Waals surface area contributed by atoms with Gasteiger partial charge in [-0.25, -0.2) is 0 Å². The summed E-state index contributed by atoms with van der Waals surface area (Å²) in [6, 6.07) is 6.98. The highest BCUT2D eigenvalue weighted by molar-refractivity contribution is 8.01. The molecule has 0 spiro atoms. The summed E-state index contributed by atoms with van der Waals surface area (Å²) in [6.45, 7) is 4.30. The van der Waals surface area contributed by atoms with E-state index in [1.165, 1.54) is 16.7 Å². The van der Waals surface area contributed by atoms with Crippen molar-refractivity contribution >= 4 is 28.2 Å². The zero-order chi connectivity index (χ0) is 15.4. The highest BCUT2D eigenvalue weighted by Crippen LogP contribution is 2.30. The smallest absolute Gasteiger partial charge is 0.208 e. The first-order valence-corrected chi connectivity index (χ1v) is 8.69. The lowest BCUT2D eigenvalue weighted by molar-refractivity contribution is 0.661. The van der Waals surface area contributed by atoms with Gasteiger partial charge in [-0.3, -0.25) is 0 Å². The fourth-order valence-corrected chi connectivity index (χ4v) is 3.86. The molecule has 4 nitrogen and oxygen atoms in total. The summed E-state index contributed by atoms with van der Waals surface area (Å²) in [6.07, 6.45) is 0. The topological polar surface area (TPSA) is 41.1 Å².